The Kier molecular flexibility index (Phi) is 3.33. The third kappa shape index (κ3) is 2.26. The number of carboxylic acid groups (broad SMARTS) is 1. The normalized spacial score (nSPS) is 24.0. The minimum Gasteiger partial charge on any atom is -0.465 e. The number of aliphatic hydroxyl groups excluding tert-OH is 1. The minimum absolute atomic E-state index is 0.102. The van der Waals surface area contributed by atoms with Gasteiger partial charge in [0.15, 0.2) is 0 Å². The van der Waals surface area contributed by atoms with Crippen LogP contribution in [0, 0.1) is 6.92 Å². The molecule has 92 valence electrons. The quantitative estimate of drug-likeness (QED) is 0.822. The summed E-state index contributed by atoms with van der Waals surface area (Å²) in [6.45, 7) is 2.41. The van der Waals surface area contributed by atoms with E-state index >= 15 is 0 Å². The van der Waals surface area contributed by atoms with E-state index in [4.69, 9.17) is 5.11 Å². The summed E-state index contributed by atoms with van der Waals surface area (Å²) >= 11 is 0. The van der Waals surface area contributed by atoms with Gasteiger partial charge in [-0.1, -0.05) is 24.3 Å². The van der Waals surface area contributed by atoms with Crippen molar-refractivity contribution in [2.75, 3.05) is 13.2 Å². The van der Waals surface area contributed by atoms with Crippen LogP contribution in [0.3, 0.4) is 0 Å². The standard InChI is InChI=1S/C13H17NO3/c1-9-4-2-3-5-12(9)10-6-11(8-15)14(7-10)13(16)17/h2-5,10-11,15H,6-8H2,1H3,(H,16,17)/t10-,11-/m0/s1. The number of carbonyl (C=O) groups is 1. The Bertz CT molecular complexity index is 419. The van der Waals surface area contributed by atoms with Crippen molar-refractivity contribution in [3.8, 4) is 0 Å². The molecule has 1 aliphatic rings. The van der Waals surface area contributed by atoms with Gasteiger partial charge in [0.25, 0.3) is 0 Å². The van der Waals surface area contributed by atoms with E-state index in [1.54, 1.807) is 0 Å². The molecule has 0 unspecified atom stereocenters. The first kappa shape index (κ1) is 11.9. The molecule has 0 aromatic heterocycles. The van der Waals surface area contributed by atoms with E-state index in [-0.39, 0.29) is 18.6 Å². The Labute approximate surface area is 100 Å². The molecule has 0 spiro atoms. The Morgan fingerprint density at radius 3 is 2.71 bits per heavy atom. The molecule has 0 saturated carbocycles. The molecule has 1 fully saturated rings. The van der Waals surface area contributed by atoms with Crippen molar-refractivity contribution in [3.63, 3.8) is 0 Å². The van der Waals surface area contributed by atoms with Crippen molar-refractivity contribution in [2.45, 2.75) is 25.3 Å². The Hall–Kier alpha value is -1.55. The fourth-order valence-electron chi connectivity index (χ4n) is 2.59. The van der Waals surface area contributed by atoms with E-state index < -0.39 is 6.09 Å². The predicted octanol–water partition coefficient (Wildman–Crippen LogP) is 1.82. The number of hydrogen-bond acceptors (Lipinski definition) is 2. The van der Waals surface area contributed by atoms with Crippen LogP contribution in [0.15, 0.2) is 24.3 Å². The lowest BCUT2D eigenvalue weighted by Crippen LogP contribution is -2.36. The van der Waals surface area contributed by atoms with Crippen molar-refractivity contribution in [2.24, 2.45) is 0 Å². The van der Waals surface area contributed by atoms with Crippen LogP contribution < -0.4 is 0 Å². The predicted molar refractivity (Wildman–Crippen MR) is 64.1 cm³/mol. The van der Waals surface area contributed by atoms with Crippen LogP contribution in [0.1, 0.15) is 23.5 Å². The second kappa shape index (κ2) is 4.75. The van der Waals surface area contributed by atoms with Gasteiger partial charge in [-0.2, -0.15) is 0 Å². The molecule has 17 heavy (non-hydrogen) atoms. The molecule has 1 heterocycles. The molecule has 0 bridgehead atoms. The molecule has 2 rings (SSSR count). The zero-order valence-electron chi connectivity index (χ0n) is 9.84. The van der Waals surface area contributed by atoms with Crippen molar-refractivity contribution < 1.29 is 15.0 Å². The van der Waals surface area contributed by atoms with Crippen LogP contribution in [-0.2, 0) is 0 Å². The highest BCUT2D eigenvalue weighted by atomic mass is 16.4. The van der Waals surface area contributed by atoms with Gasteiger partial charge in [0.2, 0.25) is 0 Å². The summed E-state index contributed by atoms with van der Waals surface area (Å²) < 4.78 is 0. The molecule has 4 heteroatoms. The summed E-state index contributed by atoms with van der Waals surface area (Å²) in [6.07, 6.45) is -0.242. The molecule has 1 saturated heterocycles. The monoisotopic (exact) mass is 235 g/mol. The van der Waals surface area contributed by atoms with Crippen LogP contribution >= 0.6 is 0 Å². The smallest absolute Gasteiger partial charge is 0.407 e. The van der Waals surface area contributed by atoms with E-state index in [1.165, 1.54) is 16.0 Å². The Morgan fingerprint density at radius 1 is 1.47 bits per heavy atom. The van der Waals surface area contributed by atoms with Gasteiger partial charge >= 0.3 is 6.09 Å². The number of nitrogens with zero attached hydrogens (tertiary/aromatic N) is 1. The van der Waals surface area contributed by atoms with Crippen molar-refractivity contribution in [1.82, 2.24) is 4.90 Å². The maximum absolute atomic E-state index is 11.0. The molecular weight excluding hydrogens is 218 g/mol. The highest BCUT2D eigenvalue weighted by Crippen LogP contribution is 2.33. The second-order valence-corrected chi connectivity index (χ2v) is 4.56. The molecule has 4 nitrogen and oxygen atoms in total. The first-order chi connectivity index (χ1) is 8.13. The van der Waals surface area contributed by atoms with Gasteiger partial charge in [-0.25, -0.2) is 4.79 Å². The number of benzene rings is 1. The first-order valence-electron chi connectivity index (χ1n) is 5.79. The van der Waals surface area contributed by atoms with E-state index in [0.717, 1.165) is 0 Å². The summed E-state index contributed by atoms with van der Waals surface area (Å²) in [5.41, 5.74) is 2.37. The van der Waals surface area contributed by atoms with Crippen molar-refractivity contribution >= 4 is 6.09 Å². The summed E-state index contributed by atoms with van der Waals surface area (Å²) in [5.74, 6) is 0.199. The van der Waals surface area contributed by atoms with Crippen LogP contribution in [0.2, 0.25) is 0 Å². The van der Waals surface area contributed by atoms with Gasteiger partial charge in [-0.05, 0) is 24.5 Å². The lowest BCUT2D eigenvalue weighted by Gasteiger charge is -2.18. The third-order valence-corrected chi connectivity index (χ3v) is 3.50. The summed E-state index contributed by atoms with van der Waals surface area (Å²) in [7, 11) is 0. The number of rotatable bonds is 2. The van der Waals surface area contributed by atoms with E-state index in [1.807, 2.05) is 31.2 Å². The molecule has 2 N–H and O–H groups in total. The Balaban J connectivity index is 2.21. The van der Waals surface area contributed by atoms with Crippen LogP contribution in [0.25, 0.3) is 0 Å². The van der Waals surface area contributed by atoms with Gasteiger partial charge in [-0.3, -0.25) is 0 Å². The van der Waals surface area contributed by atoms with E-state index in [0.29, 0.717) is 13.0 Å². The van der Waals surface area contributed by atoms with Gasteiger partial charge in [0.1, 0.15) is 0 Å². The number of likely N-dealkylation sites (tertiary alicyclic amines) is 1. The number of hydrogen-bond donors (Lipinski definition) is 2. The maximum atomic E-state index is 11.0. The summed E-state index contributed by atoms with van der Waals surface area (Å²) in [6, 6.07) is 7.76. The average molecular weight is 235 g/mol. The number of aliphatic hydroxyl groups is 1. The molecular formula is C13H17NO3. The third-order valence-electron chi connectivity index (χ3n) is 3.50. The van der Waals surface area contributed by atoms with Gasteiger partial charge in [-0.15, -0.1) is 0 Å². The zero-order valence-corrected chi connectivity index (χ0v) is 9.84. The van der Waals surface area contributed by atoms with Gasteiger partial charge in [0.05, 0.1) is 12.6 Å². The topological polar surface area (TPSA) is 60.8 Å². The van der Waals surface area contributed by atoms with Gasteiger partial charge < -0.3 is 15.1 Å². The lowest BCUT2D eigenvalue weighted by molar-refractivity contribution is 0.118. The summed E-state index contributed by atoms with van der Waals surface area (Å²) in [4.78, 5) is 12.4. The molecule has 2 atom stereocenters. The van der Waals surface area contributed by atoms with Crippen molar-refractivity contribution in [1.29, 1.82) is 0 Å². The second-order valence-electron chi connectivity index (χ2n) is 4.56. The average Bonchev–Trinajstić information content (AvgIpc) is 2.73. The maximum Gasteiger partial charge on any atom is 0.407 e. The molecule has 1 amide bonds. The molecule has 1 aliphatic heterocycles. The fourth-order valence-corrected chi connectivity index (χ4v) is 2.59. The van der Waals surface area contributed by atoms with Crippen molar-refractivity contribution in [3.05, 3.63) is 35.4 Å². The lowest BCUT2D eigenvalue weighted by atomic mass is 9.93. The van der Waals surface area contributed by atoms with Crippen LogP contribution in [-0.4, -0.2) is 40.4 Å². The molecule has 0 aliphatic carbocycles. The zero-order chi connectivity index (χ0) is 12.4. The van der Waals surface area contributed by atoms with Crippen LogP contribution in [0.4, 0.5) is 4.79 Å². The summed E-state index contributed by atoms with van der Waals surface area (Å²) in [5, 5.41) is 18.3. The minimum atomic E-state index is -0.944. The van der Waals surface area contributed by atoms with E-state index in [2.05, 4.69) is 0 Å². The van der Waals surface area contributed by atoms with E-state index in [9.17, 15) is 9.90 Å². The number of aryl methyl sites for hydroxylation is 1. The molecule has 1 aromatic carbocycles. The fraction of sp³-hybridized carbons (Fsp3) is 0.462. The highest BCUT2D eigenvalue weighted by molar-refractivity contribution is 5.66. The SMILES string of the molecule is Cc1ccccc1[C@H]1C[C@@H](CO)N(C(=O)O)C1. The highest BCUT2D eigenvalue weighted by Gasteiger charge is 2.35. The first-order valence-corrected chi connectivity index (χ1v) is 5.79. The van der Waals surface area contributed by atoms with Gasteiger partial charge in [0, 0.05) is 12.5 Å². The molecule has 0 radical (unpaired) electrons. The Morgan fingerprint density at radius 2 is 2.18 bits per heavy atom. The number of amides is 1. The van der Waals surface area contributed by atoms with Crippen LogP contribution in [0.5, 0.6) is 0 Å². The molecule has 1 aromatic rings. The largest absolute Gasteiger partial charge is 0.465 e.